The molecule has 0 fully saturated rings. The Morgan fingerprint density at radius 1 is 1.16 bits per heavy atom. The first-order valence-electron chi connectivity index (χ1n) is 5.22. The maximum atomic E-state index is 13.6. The van der Waals surface area contributed by atoms with Crippen LogP contribution in [0.1, 0.15) is 0 Å². The fourth-order valence-electron chi connectivity index (χ4n) is 1.48. The highest BCUT2D eigenvalue weighted by Gasteiger charge is 2.18. The summed E-state index contributed by atoms with van der Waals surface area (Å²) in [6.07, 6.45) is 0. The third kappa shape index (κ3) is 3.05. The lowest BCUT2D eigenvalue weighted by Gasteiger charge is -2.10. The molecule has 0 spiro atoms. The van der Waals surface area contributed by atoms with Crippen molar-refractivity contribution in [3.63, 3.8) is 0 Å². The molecule has 0 saturated carbocycles. The van der Waals surface area contributed by atoms with E-state index in [4.69, 9.17) is 5.73 Å². The molecule has 19 heavy (non-hydrogen) atoms. The summed E-state index contributed by atoms with van der Waals surface area (Å²) in [6, 6.07) is 10.0. The molecule has 2 aromatic carbocycles. The Labute approximate surface area is 118 Å². The zero-order valence-electron chi connectivity index (χ0n) is 9.60. The zero-order chi connectivity index (χ0) is 14.0. The van der Waals surface area contributed by atoms with Gasteiger partial charge in [-0.25, -0.2) is 12.8 Å². The van der Waals surface area contributed by atoms with Crippen molar-refractivity contribution in [2.75, 3.05) is 10.5 Å². The summed E-state index contributed by atoms with van der Waals surface area (Å²) < 4.78 is 40.4. The van der Waals surface area contributed by atoms with E-state index in [0.29, 0.717) is 4.47 Å². The quantitative estimate of drug-likeness (QED) is 0.840. The Kier molecular flexibility index (Phi) is 3.77. The molecule has 2 rings (SSSR count). The van der Waals surface area contributed by atoms with Gasteiger partial charge in [-0.3, -0.25) is 4.72 Å². The van der Waals surface area contributed by atoms with Gasteiger partial charge in [0.2, 0.25) is 0 Å². The van der Waals surface area contributed by atoms with Crippen molar-refractivity contribution in [2.24, 2.45) is 0 Å². The van der Waals surface area contributed by atoms with Gasteiger partial charge in [0.1, 0.15) is 10.7 Å². The Morgan fingerprint density at radius 2 is 1.84 bits per heavy atom. The predicted molar refractivity (Wildman–Crippen MR) is 75.8 cm³/mol. The van der Waals surface area contributed by atoms with Crippen molar-refractivity contribution in [3.8, 4) is 0 Å². The molecule has 0 saturated heterocycles. The minimum Gasteiger partial charge on any atom is -0.399 e. The van der Waals surface area contributed by atoms with Crippen LogP contribution < -0.4 is 10.5 Å². The third-order valence-corrected chi connectivity index (χ3v) is 4.74. The van der Waals surface area contributed by atoms with Crippen LogP contribution in [-0.2, 0) is 10.0 Å². The second kappa shape index (κ2) is 5.18. The van der Waals surface area contributed by atoms with E-state index >= 15 is 0 Å². The molecule has 0 aliphatic rings. The lowest BCUT2D eigenvalue weighted by molar-refractivity contribution is 0.598. The molecular formula is C12H10BrFN2O2S. The molecule has 0 amide bonds. The number of halogens is 2. The Bertz CT molecular complexity index is 719. The van der Waals surface area contributed by atoms with Crippen LogP contribution in [-0.4, -0.2) is 8.42 Å². The second-order valence-electron chi connectivity index (χ2n) is 3.78. The number of hydrogen-bond acceptors (Lipinski definition) is 3. The minimum atomic E-state index is -3.86. The molecule has 4 nitrogen and oxygen atoms in total. The van der Waals surface area contributed by atoms with Gasteiger partial charge in [0.05, 0.1) is 5.69 Å². The number of nitrogen functional groups attached to an aromatic ring is 1. The van der Waals surface area contributed by atoms with E-state index in [0.717, 1.165) is 6.07 Å². The van der Waals surface area contributed by atoms with Gasteiger partial charge in [-0.1, -0.05) is 12.1 Å². The largest absolute Gasteiger partial charge is 0.399 e. The van der Waals surface area contributed by atoms with E-state index in [9.17, 15) is 12.8 Å². The normalized spacial score (nSPS) is 11.3. The van der Waals surface area contributed by atoms with E-state index in [1.165, 1.54) is 18.2 Å². The van der Waals surface area contributed by atoms with Crippen LogP contribution in [0.3, 0.4) is 0 Å². The van der Waals surface area contributed by atoms with Crippen LogP contribution in [0.5, 0.6) is 0 Å². The molecule has 3 N–H and O–H groups in total. The highest BCUT2D eigenvalue weighted by Crippen LogP contribution is 2.25. The highest BCUT2D eigenvalue weighted by atomic mass is 79.9. The molecule has 0 aliphatic heterocycles. The van der Waals surface area contributed by atoms with Gasteiger partial charge in [-0.15, -0.1) is 0 Å². The molecule has 0 aromatic heterocycles. The molecule has 0 atom stereocenters. The number of sulfonamides is 1. The van der Waals surface area contributed by atoms with Crippen molar-refractivity contribution >= 4 is 37.3 Å². The topological polar surface area (TPSA) is 72.2 Å². The fraction of sp³-hybridized carbons (Fsp3) is 0. The minimum absolute atomic E-state index is 0.0335. The first-order valence-corrected chi connectivity index (χ1v) is 7.50. The molecule has 100 valence electrons. The summed E-state index contributed by atoms with van der Waals surface area (Å²) in [5.41, 5.74) is 5.48. The van der Waals surface area contributed by atoms with Gasteiger partial charge < -0.3 is 5.73 Å². The lowest BCUT2D eigenvalue weighted by Crippen LogP contribution is -2.14. The number of hydrogen-bond donors (Lipinski definition) is 2. The molecule has 2 aromatic rings. The van der Waals surface area contributed by atoms with E-state index in [-0.39, 0.29) is 16.3 Å². The molecular weight excluding hydrogens is 335 g/mol. The second-order valence-corrected chi connectivity index (χ2v) is 6.28. The summed E-state index contributed by atoms with van der Waals surface area (Å²) in [7, 11) is -3.86. The average molecular weight is 345 g/mol. The maximum Gasteiger partial charge on any atom is 0.263 e. The summed E-state index contributed by atoms with van der Waals surface area (Å²) in [6.45, 7) is 0. The summed E-state index contributed by atoms with van der Waals surface area (Å²) in [4.78, 5) is 0.0335. The van der Waals surface area contributed by atoms with Crippen LogP contribution >= 0.6 is 15.9 Å². The monoisotopic (exact) mass is 344 g/mol. The van der Waals surface area contributed by atoms with Crippen LogP contribution in [0.2, 0.25) is 0 Å². The maximum absolute atomic E-state index is 13.6. The van der Waals surface area contributed by atoms with Crippen molar-refractivity contribution in [1.82, 2.24) is 0 Å². The third-order valence-electron chi connectivity index (χ3n) is 2.36. The zero-order valence-corrected chi connectivity index (χ0v) is 12.0. The molecule has 0 heterocycles. The van der Waals surface area contributed by atoms with E-state index in [1.807, 2.05) is 0 Å². The molecule has 7 heteroatoms. The summed E-state index contributed by atoms with van der Waals surface area (Å²) >= 11 is 3.14. The highest BCUT2D eigenvalue weighted by molar-refractivity contribution is 9.10. The Balaban J connectivity index is 2.40. The van der Waals surface area contributed by atoms with Gasteiger partial charge in [-0.2, -0.15) is 0 Å². The van der Waals surface area contributed by atoms with E-state index < -0.39 is 15.8 Å². The Morgan fingerprint density at radius 3 is 2.47 bits per heavy atom. The van der Waals surface area contributed by atoms with E-state index in [2.05, 4.69) is 20.7 Å². The smallest absolute Gasteiger partial charge is 0.263 e. The van der Waals surface area contributed by atoms with Crippen molar-refractivity contribution in [1.29, 1.82) is 0 Å². The van der Waals surface area contributed by atoms with Crippen LogP contribution in [0.15, 0.2) is 51.8 Å². The molecule has 0 unspecified atom stereocenters. The molecule has 0 bridgehead atoms. The molecule has 0 radical (unpaired) electrons. The number of nitrogens with one attached hydrogen (secondary N) is 1. The van der Waals surface area contributed by atoms with Crippen molar-refractivity contribution in [2.45, 2.75) is 4.90 Å². The first kappa shape index (κ1) is 13.8. The van der Waals surface area contributed by atoms with Gasteiger partial charge in [-0.05, 0) is 46.3 Å². The average Bonchev–Trinajstić information content (AvgIpc) is 2.33. The van der Waals surface area contributed by atoms with Crippen LogP contribution in [0, 0.1) is 5.82 Å². The number of nitrogens with two attached hydrogens (primary N) is 1. The fourth-order valence-corrected chi connectivity index (χ4v) is 3.55. The van der Waals surface area contributed by atoms with Gasteiger partial charge in [0, 0.05) is 10.2 Å². The van der Waals surface area contributed by atoms with Crippen molar-refractivity contribution in [3.05, 3.63) is 52.8 Å². The molecule has 0 aliphatic carbocycles. The summed E-state index contributed by atoms with van der Waals surface area (Å²) in [5.74, 6) is -0.726. The van der Waals surface area contributed by atoms with Crippen molar-refractivity contribution < 1.29 is 12.8 Å². The van der Waals surface area contributed by atoms with E-state index in [1.54, 1.807) is 18.2 Å². The summed E-state index contributed by atoms with van der Waals surface area (Å²) in [5, 5.41) is 0. The predicted octanol–water partition coefficient (Wildman–Crippen LogP) is 2.97. The number of rotatable bonds is 3. The van der Waals surface area contributed by atoms with Crippen LogP contribution in [0.25, 0.3) is 0 Å². The van der Waals surface area contributed by atoms with Gasteiger partial charge >= 0.3 is 0 Å². The number of benzene rings is 2. The first-order chi connectivity index (χ1) is 8.90. The van der Waals surface area contributed by atoms with Gasteiger partial charge in [0.15, 0.2) is 0 Å². The standard InChI is InChI=1S/C12H10BrFN2O2S/c13-9-3-1-2-4-12(9)19(17,18)16-11-6-5-8(15)7-10(11)14/h1-7,16H,15H2. The SMILES string of the molecule is Nc1ccc(NS(=O)(=O)c2ccccc2Br)c(F)c1. The van der Waals surface area contributed by atoms with Crippen LogP contribution in [0.4, 0.5) is 15.8 Å². The van der Waals surface area contributed by atoms with Gasteiger partial charge in [0.25, 0.3) is 10.0 Å². The number of anilines is 2. The lowest BCUT2D eigenvalue weighted by atomic mass is 10.3. The Hall–Kier alpha value is -1.60.